The topological polar surface area (TPSA) is 21.3 Å². The number of rotatable bonds is 1. The van der Waals surface area contributed by atoms with E-state index in [0.717, 1.165) is 18.4 Å². The minimum atomic E-state index is 0.325. The Hall–Kier alpha value is -0.0800. The van der Waals surface area contributed by atoms with Gasteiger partial charge < -0.3 is 10.1 Å². The molecule has 3 aliphatic rings. The molecule has 2 heterocycles. The summed E-state index contributed by atoms with van der Waals surface area (Å²) in [6, 6.07) is 0. The SMILES string of the molecule is C1CCC2(C1)CC(C1CCNC1)CCO2. The summed E-state index contributed by atoms with van der Waals surface area (Å²) in [5, 5.41) is 3.51. The Morgan fingerprint density at radius 3 is 2.67 bits per heavy atom. The van der Waals surface area contributed by atoms with Crippen molar-refractivity contribution in [2.24, 2.45) is 11.8 Å². The van der Waals surface area contributed by atoms with E-state index < -0.39 is 0 Å². The van der Waals surface area contributed by atoms with Crippen molar-refractivity contribution in [1.29, 1.82) is 0 Å². The molecule has 2 heteroatoms. The molecule has 0 amide bonds. The molecule has 0 bridgehead atoms. The highest BCUT2D eigenvalue weighted by atomic mass is 16.5. The standard InChI is InChI=1S/C13H23NO/c1-2-6-13(5-1)9-11(4-8-15-13)12-3-7-14-10-12/h11-12,14H,1-10H2. The maximum absolute atomic E-state index is 6.10. The summed E-state index contributed by atoms with van der Waals surface area (Å²) in [5.41, 5.74) is 0.325. The van der Waals surface area contributed by atoms with Gasteiger partial charge in [-0.25, -0.2) is 0 Å². The highest BCUT2D eigenvalue weighted by molar-refractivity contribution is 4.94. The summed E-state index contributed by atoms with van der Waals surface area (Å²) < 4.78 is 6.10. The van der Waals surface area contributed by atoms with Crippen molar-refractivity contribution in [3.63, 3.8) is 0 Å². The van der Waals surface area contributed by atoms with Crippen molar-refractivity contribution < 1.29 is 4.74 Å². The average Bonchev–Trinajstić information content (AvgIpc) is 2.89. The van der Waals surface area contributed by atoms with E-state index in [2.05, 4.69) is 5.32 Å². The van der Waals surface area contributed by atoms with Crippen molar-refractivity contribution in [1.82, 2.24) is 5.32 Å². The number of ether oxygens (including phenoxy) is 1. The zero-order valence-corrected chi connectivity index (χ0v) is 9.63. The Labute approximate surface area is 92.8 Å². The van der Waals surface area contributed by atoms with E-state index in [-0.39, 0.29) is 0 Å². The first kappa shape index (κ1) is 10.1. The largest absolute Gasteiger partial charge is 0.375 e. The van der Waals surface area contributed by atoms with Crippen LogP contribution in [0.2, 0.25) is 0 Å². The van der Waals surface area contributed by atoms with Gasteiger partial charge in [0.25, 0.3) is 0 Å². The molecule has 0 aromatic carbocycles. The molecular weight excluding hydrogens is 186 g/mol. The molecule has 3 rings (SSSR count). The first-order valence-corrected chi connectivity index (χ1v) is 6.73. The summed E-state index contributed by atoms with van der Waals surface area (Å²) in [5.74, 6) is 1.90. The molecule has 1 spiro atoms. The first-order valence-electron chi connectivity index (χ1n) is 6.73. The van der Waals surface area contributed by atoms with Crippen LogP contribution in [0.15, 0.2) is 0 Å². The first-order chi connectivity index (χ1) is 7.38. The van der Waals surface area contributed by atoms with Crippen LogP contribution in [0.4, 0.5) is 0 Å². The second kappa shape index (κ2) is 4.06. The lowest BCUT2D eigenvalue weighted by Crippen LogP contribution is -2.39. The molecule has 2 nitrogen and oxygen atoms in total. The van der Waals surface area contributed by atoms with E-state index >= 15 is 0 Å². The van der Waals surface area contributed by atoms with Gasteiger partial charge in [-0.2, -0.15) is 0 Å². The minimum Gasteiger partial charge on any atom is -0.375 e. The van der Waals surface area contributed by atoms with Crippen molar-refractivity contribution in [3.8, 4) is 0 Å². The Morgan fingerprint density at radius 2 is 1.93 bits per heavy atom. The van der Waals surface area contributed by atoms with Crippen molar-refractivity contribution >= 4 is 0 Å². The normalized spacial score (nSPS) is 40.0. The molecule has 2 atom stereocenters. The molecule has 2 saturated heterocycles. The number of hydrogen-bond acceptors (Lipinski definition) is 2. The van der Waals surface area contributed by atoms with Crippen LogP contribution in [0.3, 0.4) is 0 Å². The van der Waals surface area contributed by atoms with Crippen molar-refractivity contribution in [2.75, 3.05) is 19.7 Å². The second-order valence-corrected chi connectivity index (χ2v) is 5.74. The predicted molar refractivity (Wildman–Crippen MR) is 60.9 cm³/mol. The van der Waals surface area contributed by atoms with E-state index in [9.17, 15) is 0 Å². The molecule has 1 N–H and O–H groups in total. The number of nitrogens with one attached hydrogen (secondary N) is 1. The monoisotopic (exact) mass is 209 g/mol. The maximum Gasteiger partial charge on any atom is 0.0685 e. The van der Waals surface area contributed by atoms with Gasteiger partial charge in [0.1, 0.15) is 0 Å². The fourth-order valence-electron chi connectivity index (χ4n) is 3.92. The molecule has 2 aliphatic heterocycles. The Balaban J connectivity index is 1.65. The molecule has 0 aromatic rings. The predicted octanol–water partition coefficient (Wildman–Crippen LogP) is 2.34. The fourth-order valence-corrected chi connectivity index (χ4v) is 3.92. The Bertz CT molecular complexity index is 217. The molecule has 15 heavy (non-hydrogen) atoms. The summed E-state index contributed by atoms with van der Waals surface area (Å²) in [4.78, 5) is 0. The summed E-state index contributed by atoms with van der Waals surface area (Å²) >= 11 is 0. The van der Waals surface area contributed by atoms with E-state index in [0.29, 0.717) is 5.60 Å². The lowest BCUT2D eigenvalue weighted by Gasteiger charge is -2.40. The maximum atomic E-state index is 6.10. The third kappa shape index (κ3) is 1.94. The zero-order valence-electron chi connectivity index (χ0n) is 9.63. The summed E-state index contributed by atoms with van der Waals surface area (Å²) in [6.07, 6.45) is 9.55. The van der Waals surface area contributed by atoms with Crippen LogP contribution in [0.1, 0.15) is 44.9 Å². The third-order valence-electron chi connectivity index (χ3n) is 4.81. The van der Waals surface area contributed by atoms with Gasteiger partial charge in [0.05, 0.1) is 5.60 Å². The summed E-state index contributed by atoms with van der Waals surface area (Å²) in [7, 11) is 0. The van der Waals surface area contributed by atoms with E-state index in [4.69, 9.17) is 4.74 Å². The van der Waals surface area contributed by atoms with Crippen LogP contribution in [-0.4, -0.2) is 25.3 Å². The smallest absolute Gasteiger partial charge is 0.0685 e. The molecule has 1 aliphatic carbocycles. The molecule has 0 radical (unpaired) electrons. The van der Waals surface area contributed by atoms with E-state index in [1.54, 1.807) is 0 Å². The third-order valence-corrected chi connectivity index (χ3v) is 4.81. The van der Waals surface area contributed by atoms with Gasteiger partial charge in [0.15, 0.2) is 0 Å². The van der Waals surface area contributed by atoms with E-state index in [1.165, 1.54) is 58.0 Å². The molecule has 3 fully saturated rings. The van der Waals surface area contributed by atoms with Gasteiger partial charge >= 0.3 is 0 Å². The van der Waals surface area contributed by atoms with Gasteiger partial charge in [-0.1, -0.05) is 12.8 Å². The van der Waals surface area contributed by atoms with Crippen LogP contribution in [0.25, 0.3) is 0 Å². The molecule has 86 valence electrons. The lowest BCUT2D eigenvalue weighted by molar-refractivity contribution is -0.100. The Kier molecular flexibility index (Phi) is 2.73. The van der Waals surface area contributed by atoms with Crippen LogP contribution in [0.5, 0.6) is 0 Å². The Morgan fingerprint density at radius 1 is 1.07 bits per heavy atom. The van der Waals surface area contributed by atoms with Gasteiger partial charge in [0, 0.05) is 6.61 Å². The van der Waals surface area contributed by atoms with Crippen molar-refractivity contribution in [2.45, 2.75) is 50.5 Å². The average molecular weight is 209 g/mol. The summed E-state index contributed by atoms with van der Waals surface area (Å²) in [6.45, 7) is 3.54. The van der Waals surface area contributed by atoms with Gasteiger partial charge in [-0.05, 0) is 57.0 Å². The second-order valence-electron chi connectivity index (χ2n) is 5.74. The van der Waals surface area contributed by atoms with Crippen LogP contribution >= 0.6 is 0 Å². The van der Waals surface area contributed by atoms with Crippen LogP contribution in [0, 0.1) is 11.8 Å². The molecule has 1 saturated carbocycles. The quantitative estimate of drug-likeness (QED) is 0.715. The zero-order chi connectivity index (χ0) is 10.1. The molecule has 2 unspecified atom stereocenters. The van der Waals surface area contributed by atoms with Crippen LogP contribution in [-0.2, 0) is 4.74 Å². The number of hydrogen-bond donors (Lipinski definition) is 1. The fraction of sp³-hybridized carbons (Fsp3) is 1.00. The van der Waals surface area contributed by atoms with Gasteiger partial charge in [-0.3, -0.25) is 0 Å². The van der Waals surface area contributed by atoms with Crippen LogP contribution < -0.4 is 5.32 Å². The van der Waals surface area contributed by atoms with E-state index in [1.807, 2.05) is 0 Å². The molecule has 0 aromatic heterocycles. The molecular formula is C13H23NO. The highest BCUT2D eigenvalue weighted by Gasteiger charge is 2.42. The van der Waals surface area contributed by atoms with Crippen molar-refractivity contribution in [3.05, 3.63) is 0 Å². The lowest BCUT2D eigenvalue weighted by atomic mass is 9.77. The minimum absolute atomic E-state index is 0.325. The van der Waals surface area contributed by atoms with Gasteiger partial charge in [0.2, 0.25) is 0 Å². The highest BCUT2D eigenvalue weighted by Crippen LogP contribution is 2.44. The van der Waals surface area contributed by atoms with Gasteiger partial charge in [-0.15, -0.1) is 0 Å².